The number of nitrogens with zero attached hydrogens (tertiary/aromatic N) is 2. The molecule has 0 spiro atoms. The van der Waals surface area contributed by atoms with E-state index in [4.69, 9.17) is 4.42 Å². The summed E-state index contributed by atoms with van der Waals surface area (Å²) < 4.78 is 19.0. The number of aromatic amines is 1. The fourth-order valence-corrected chi connectivity index (χ4v) is 3.40. The number of amides is 1. The summed E-state index contributed by atoms with van der Waals surface area (Å²) in [6.45, 7) is 2.18. The lowest BCUT2D eigenvalue weighted by atomic mass is 10.1. The van der Waals surface area contributed by atoms with Crippen LogP contribution in [0.4, 0.5) is 4.39 Å². The van der Waals surface area contributed by atoms with Gasteiger partial charge in [0, 0.05) is 42.9 Å². The third kappa shape index (κ3) is 4.74. The molecule has 2 aromatic heterocycles. The predicted octanol–water partition coefficient (Wildman–Crippen LogP) is 4.03. The van der Waals surface area contributed by atoms with Crippen LogP contribution in [0.5, 0.6) is 0 Å². The topological polar surface area (TPSA) is 83.8 Å². The third-order valence-corrected chi connectivity index (χ3v) is 5.14. The average Bonchev–Trinajstić information content (AvgIpc) is 3.38. The lowest BCUT2D eigenvalue weighted by molar-refractivity contribution is -0.121. The SMILES string of the molecule is Cc1ccc(F)cc1CNC(=O)CCc1nnc(CCc2c[nH]c3ccccc23)o1. The molecule has 0 aliphatic heterocycles. The number of aromatic nitrogens is 3. The van der Waals surface area contributed by atoms with Crippen molar-refractivity contribution in [2.75, 3.05) is 0 Å². The molecule has 2 aromatic carbocycles. The van der Waals surface area contributed by atoms with Crippen LogP contribution in [0.15, 0.2) is 53.1 Å². The van der Waals surface area contributed by atoms with E-state index < -0.39 is 0 Å². The maximum absolute atomic E-state index is 13.3. The summed E-state index contributed by atoms with van der Waals surface area (Å²) in [4.78, 5) is 15.4. The fourth-order valence-electron chi connectivity index (χ4n) is 3.40. The summed E-state index contributed by atoms with van der Waals surface area (Å²) in [5.41, 5.74) is 4.02. The van der Waals surface area contributed by atoms with Crippen molar-refractivity contribution in [1.29, 1.82) is 0 Å². The van der Waals surface area contributed by atoms with E-state index in [1.165, 1.54) is 23.1 Å². The number of rotatable bonds is 8. The van der Waals surface area contributed by atoms with Crippen molar-refractivity contribution in [3.63, 3.8) is 0 Å². The second kappa shape index (κ2) is 8.90. The summed E-state index contributed by atoms with van der Waals surface area (Å²) in [6.07, 6.45) is 4.04. The van der Waals surface area contributed by atoms with Crippen molar-refractivity contribution in [3.05, 3.63) is 83.0 Å². The Labute approximate surface area is 173 Å². The smallest absolute Gasteiger partial charge is 0.220 e. The molecule has 0 aliphatic carbocycles. The highest BCUT2D eigenvalue weighted by atomic mass is 19.1. The van der Waals surface area contributed by atoms with Crippen molar-refractivity contribution < 1.29 is 13.6 Å². The van der Waals surface area contributed by atoms with Gasteiger partial charge >= 0.3 is 0 Å². The number of H-pyrrole nitrogens is 1. The quantitative estimate of drug-likeness (QED) is 0.463. The Morgan fingerprint density at radius 2 is 1.87 bits per heavy atom. The van der Waals surface area contributed by atoms with Crippen LogP contribution in [0.25, 0.3) is 10.9 Å². The number of para-hydroxylation sites is 1. The number of hydrogen-bond donors (Lipinski definition) is 2. The Bertz CT molecular complexity index is 1160. The van der Waals surface area contributed by atoms with E-state index in [-0.39, 0.29) is 18.1 Å². The lowest BCUT2D eigenvalue weighted by Gasteiger charge is -2.07. The van der Waals surface area contributed by atoms with E-state index in [0.29, 0.717) is 31.2 Å². The zero-order valence-electron chi connectivity index (χ0n) is 16.7. The molecule has 2 heterocycles. The van der Waals surface area contributed by atoms with Crippen LogP contribution < -0.4 is 5.32 Å². The molecule has 30 heavy (non-hydrogen) atoms. The molecule has 0 saturated carbocycles. The van der Waals surface area contributed by atoms with Crippen molar-refractivity contribution in [3.8, 4) is 0 Å². The Balaban J connectivity index is 1.25. The Morgan fingerprint density at radius 1 is 1.07 bits per heavy atom. The zero-order chi connectivity index (χ0) is 20.9. The Hall–Kier alpha value is -3.48. The van der Waals surface area contributed by atoms with Gasteiger partial charge in [-0.2, -0.15) is 0 Å². The number of carbonyl (C=O) groups is 1. The molecule has 4 aromatic rings. The van der Waals surface area contributed by atoms with E-state index in [0.717, 1.165) is 23.1 Å². The highest BCUT2D eigenvalue weighted by molar-refractivity contribution is 5.83. The molecular formula is C23H23FN4O2. The minimum absolute atomic E-state index is 0.141. The molecular weight excluding hydrogens is 383 g/mol. The van der Waals surface area contributed by atoms with Gasteiger partial charge < -0.3 is 14.7 Å². The van der Waals surface area contributed by atoms with E-state index >= 15 is 0 Å². The number of fused-ring (bicyclic) bond motifs is 1. The van der Waals surface area contributed by atoms with E-state index in [1.807, 2.05) is 31.3 Å². The van der Waals surface area contributed by atoms with Gasteiger partial charge in [-0.15, -0.1) is 10.2 Å². The van der Waals surface area contributed by atoms with Gasteiger partial charge in [0.1, 0.15) is 5.82 Å². The summed E-state index contributed by atoms with van der Waals surface area (Å²) in [7, 11) is 0. The van der Waals surface area contributed by atoms with Crippen molar-refractivity contribution in [2.45, 2.75) is 39.2 Å². The summed E-state index contributed by atoms with van der Waals surface area (Å²) in [6, 6.07) is 12.7. The predicted molar refractivity (Wildman–Crippen MR) is 111 cm³/mol. The lowest BCUT2D eigenvalue weighted by Crippen LogP contribution is -2.23. The number of nitrogens with one attached hydrogen (secondary N) is 2. The number of aryl methyl sites for hydroxylation is 4. The molecule has 0 saturated heterocycles. The molecule has 4 rings (SSSR count). The number of hydrogen-bond acceptors (Lipinski definition) is 4. The highest BCUT2D eigenvalue weighted by Crippen LogP contribution is 2.19. The van der Waals surface area contributed by atoms with Crippen LogP contribution in [-0.4, -0.2) is 21.1 Å². The van der Waals surface area contributed by atoms with Gasteiger partial charge in [0.2, 0.25) is 17.7 Å². The number of halogens is 1. The molecule has 1 amide bonds. The molecule has 0 aliphatic rings. The van der Waals surface area contributed by atoms with Crippen LogP contribution in [0.3, 0.4) is 0 Å². The summed E-state index contributed by atoms with van der Waals surface area (Å²) in [5.74, 6) is 0.556. The van der Waals surface area contributed by atoms with Crippen LogP contribution in [0, 0.1) is 12.7 Å². The average molecular weight is 406 g/mol. The van der Waals surface area contributed by atoms with Gasteiger partial charge in [-0.25, -0.2) is 4.39 Å². The molecule has 0 bridgehead atoms. The van der Waals surface area contributed by atoms with Gasteiger partial charge in [0.05, 0.1) is 0 Å². The standard InChI is InChI=1S/C23H23FN4O2/c1-15-6-8-18(24)12-17(15)14-26-21(29)9-11-23-28-27-22(30-23)10-7-16-13-25-20-5-3-2-4-19(16)20/h2-6,8,12-13,25H,7,9-11,14H2,1H3,(H,26,29). The molecule has 0 unspecified atom stereocenters. The van der Waals surface area contributed by atoms with E-state index in [2.05, 4.69) is 26.6 Å². The van der Waals surface area contributed by atoms with Crippen LogP contribution in [0.1, 0.15) is 34.9 Å². The van der Waals surface area contributed by atoms with Crippen LogP contribution >= 0.6 is 0 Å². The minimum atomic E-state index is -0.309. The summed E-state index contributed by atoms with van der Waals surface area (Å²) >= 11 is 0. The first-order chi connectivity index (χ1) is 14.6. The molecule has 7 heteroatoms. The fraction of sp³-hybridized carbons (Fsp3) is 0.261. The minimum Gasteiger partial charge on any atom is -0.425 e. The molecule has 0 atom stereocenters. The maximum Gasteiger partial charge on any atom is 0.220 e. The highest BCUT2D eigenvalue weighted by Gasteiger charge is 2.11. The first kappa shape index (κ1) is 19.8. The van der Waals surface area contributed by atoms with Gasteiger partial charge in [-0.05, 0) is 48.2 Å². The first-order valence-corrected chi connectivity index (χ1v) is 9.96. The molecule has 0 radical (unpaired) electrons. The van der Waals surface area contributed by atoms with Gasteiger partial charge in [-0.1, -0.05) is 24.3 Å². The van der Waals surface area contributed by atoms with Crippen LogP contribution in [0.2, 0.25) is 0 Å². The molecule has 0 fully saturated rings. The maximum atomic E-state index is 13.3. The summed E-state index contributed by atoms with van der Waals surface area (Å²) in [5, 5.41) is 12.1. The van der Waals surface area contributed by atoms with E-state index in [1.54, 1.807) is 6.07 Å². The molecule has 6 nitrogen and oxygen atoms in total. The third-order valence-electron chi connectivity index (χ3n) is 5.14. The normalized spacial score (nSPS) is 11.1. The van der Waals surface area contributed by atoms with Crippen LogP contribution in [-0.2, 0) is 30.6 Å². The zero-order valence-corrected chi connectivity index (χ0v) is 16.7. The molecule has 2 N–H and O–H groups in total. The van der Waals surface area contributed by atoms with E-state index in [9.17, 15) is 9.18 Å². The Kier molecular flexibility index (Phi) is 5.88. The second-order valence-electron chi connectivity index (χ2n) is 7.30. The monoisotopic (exact) mass is 406 g/mol. The number of carbonyl (C=O) groups excluding carboxylic acids is 1. The number of benzene rings is 2. The first-order valence-electron chi connectivity index (χ1n) is 9.96. The second-order valence-corrected chi connectivity index (χ2v) is 7.30. The largest absolute Gasteiger partial charge is 0.425 e. The Morgan fingerprint density at radius 3 is 2.73 bits per heavy atom. The van der Waals surface area contributed by atoms with Crippen molar-refractivity contribution in [1.82, 2.24) is 20.5 Å². The molecule has 154 valence electrons. The van der Waals surface area contributed by atoms with Gasteiger partial charge in [0.25, 0.3) is 0 Å². The van der Waals surface area contributed by atoms with Gasteiger partial charge in [-0.3, -0.25) is 4.79 Å². The van der Waals surface area contributed by atoms with Gasteiger partial charge in [0.15, 0.2) is 0 Å². The van der Waals surface area contributed by atoms with Crippen molar-refractivity contribution in [2.24, 2.45) is 0 Å². The van der Waals surface area contributed by atoms with Crippen molar-refractivity contribution >= 4 is 16.8 Å².